The first kappa shape index (κ1) is 29.6. The summed E-state index contributed by atoms with van der Waals surface area (Å²) in [6, 6.07) is 42.3. The van der Waals surface area contributed by atoms with Crippen LogP contribution in [-0.2, 0) is 17.9 Å². The zero-order chi connectivity index (χ0) is 29.5. The second-order valence-electron chi connectivity index (χ2n) is 13.2. The Labute approximate surface area is 266 Å². The number of fused-ring (bicyclic) bond motifs is 6. The second-order valence-corrected chi connectivity index (χ2v) is 13.2. The zero-order valence-electron chi connectivity index (χ0n) is 26.1. The van der Waals surface area contributed by atoms with E-state index in [1.54, 1.807) is 0 Å². The van der Waals surface area contributed by atoms with Gasteiger partial charge in [-0.05, 0) is 63.2 Å². The van der Waals surface area contributed by atoms with Crippen LogP contribution in [0.25, 0.3) is 32.4 Å². The Balaban J connectivity index is 0.00000325. The summed E-state index contributed by atoms with van der Waals surface area (Å²) in [5.41, 5.74) is 5.06. The molecule has 5 atom stereocenters. The van der Waals surface area contributed by atoms with Crippen molar-refractivity contribution >= 4 is 32.4 Å². The predicted octanol–water partition coefficient (Wildman–Crippen LogP) is 9.46. The summed E-state index contributed by atoms with van der Waals surface area (Å²) in [5.74, 6) is 1.51. The lowest BCUT2D eigenvalue weighted by Crippen LogP contribution is -2.67. The Morgan fingerprint density at radius 1 is 0.800 bits per heavy atom. The summed E-state index contributed by atoms with van der Waals surface area (Å²) in [6.07, 6.45) is 5.73. The highest BCUT2D eigenvalue weighted by Gasteiger charge is 2.55. The van der Waals surface area contributed by atoms with Gasteiger partial charge in [-0.25, -0.2) is 0 Å². The van der Waals surface area contributed by atoms with E-state index in [9.17, 15) is 0 Å². The number of nitrogens with zero attached hydrogens (tertiary/aromatic N) is 2. The molecule has 45 heavy (non-hydrogen) atoms. The normalized spacial score (nSPS) is 23.3. The quantitative estimate of drug-likeness (QED) is 0.130. The summed E-state index contributed by atoms with van der Waals surface area (Å²) in [4.78, 5) is 4.75. The van der Waals surface area contributed by atoms with Crippen molar-refractivity contribution in [2.75, 3.05) is 13.1 Å². The smallest absolute Gasteiger partial charge is 0.135 e. The Kier molecular flexibility index (Phi) is 8.14. The van der Waals surface area contributed by atoms with Crippen LogP contribution in [0.1, 0.15) is 49.0 Å². The number of rotatable bonds is 8. The molecule has 4 heterocycles. The molecule has 0 spiro atoms. The molecule has 3 fully saturated rings. The van der Waals surface area contributed by atoms with Gasteiger partial charge in [-0.3, -0.25) is 4.98 Å². The molecule has 3 aliphatic heterocycles. The topological polar surface area (TPSA) is 52.1 Å². The summed E-state index contributed by atoms with van der Waals surface area (Å²) in [7, 11) is 0. The third kappa shape index (κ3) is 5.31. The summed E-state index contributed by atoms with van der Waals surface area (Å²) in [5, 5.41) is 6.69. The molecule has 0 aliphatic carbocycles. The molecular formula is C41H42N2O2. The number of hydrogen-bond acceptors (Lipinski definition) is 3. The average molecular weight is 595 g/mol. The first-order valence-corrected chi connectivity index (χ1v) is 16.5. The van der Waals surface area contributed by atoms with Gasteiger partial charge in [0, 0.05) is 35.9 Å². The maximum atomic E-state index is 7.18. The molecule has 9 rings (SSSR count). The maximum absolute atomic E-state index is 7.18. The molecule has 3 aliphatic rings. The van der Waals surface area contributed by atoms with E-state index in [0.29, 0.717) is 12.6 Å². The van der Waals surface area contributed by atoms with E-state index < -0.39 is 0 Å². The molecule has 0 amide bonds. The van der Waals surface area contributed by atoms with Gasteiger partial charge in [0.25, 0.3) is 0 Å². The highest BCUT2D eigenvalue weighted by Crippen LogP contribution is 2.50. The Hall–Kier alpha value is -4.09. The summed E-state index contributed by atoms with van der Waals surface area (Å²) in [6.45, 7) is 6.47. The van der Waals surface area contributed by atoms with Crippen molar-refractivity contribution in [1.29, 1.82) is 0 Å². The standard InChI is InChI=1S/C41H41N2O.H2O/c1-2-30-26-43(27-38-34-16-8-6-14-32(34)24-33-15-7-9-17-35(33)38)23-21-31(30)25-40(43)41(44-28-29-12-4-3-5-13-29)37-20-22-42-39-19-11-10-18-36(37)39;/h3-20,22,24,30-31,40-41H,2,21,23,25-28H2,1H3;1H2/q+1;/p-1/t30-,31-,40-,41+,43?;/m0./s1. The van der Waals surface area contributed by atoms with Crippen molar-refractivity contribution in [1.82, 2.24) is 4.98 Å². The lowest BCUT2D eigenvalue weighted by molar-refractivity contribution is -0.985. The van der Waals surface area contributed by atoms with Gasteiger partial charge in [-0.1, -0.05) is 104 Å². The van der Waals surface area contributed by atoms with E-state index in [-0.39, 0.29) is 11.6 Å². The molecule has 4 heteroatoms. The van der Waals surface area contributed by atoms with Gasteiger partial charge >= 0.3 is 0 Å². The molecule has 1 aromatic heterocycles. The fourth-order valence-corrected chi connectivity index (χ4v) is 8.77. The first-order valence-electron chi connectivity index (χ1n) is 16.5. The van der Waals surface area contributed by atoms with Crippen LogP contribution in [0.15, 0.2) is 121 Å². The van der Waals surface area contributed by atoms with Gasteiger partial charge in [0.05, 0.1) is 25.2 Å². The Morgan fingerprint density at radius 2 is 1.47 bits per heavy atom. The number of piperidine rings is 3. The molecule has 2 bridgehead atoms. The minimum atomic E-state index is -0.0232. The molecule has 6 aromatic rings. The number of quaternary nitrogens is 1. The highest BCUT2D eigenvalue weighted by molar-refractivity contribution is 6.02. The van der Waals surface area contributed by atoms with E-state index in [4.69, 9.17) is 9.72 Å². The van der Waals surface area contributed by atoms with E-state index in [1.807, 2.05) is 6.20 Å². The van der Waals surface area contributed by atoms with Crippen molar-refractivity contribution < 1.29 is 14.7 Å². The summed E-state index contributed by atoms with van der Waals surface area (Å²) < 4.78 is 8.26. The minimum absolute atomic E-state index is 0. The van der Waals surface area contributed by atoms with Gasteiger partial charge in [-0.2, -0.15) is 0 Å². The summed E-state index contributed by atoms with van der Waals surface area (Å²) >= 11 is 0. The van der Waals surface area contributed by atoms with E-state index in [1.165, 1.54) is 76.0 Å². The predicted molar refractivity (Wildman–Crippen MR) is 183 cm³/mol. The monoisotopic (exact) mass is 594 g/mol. The van der Waals surface area contributed by atoms with Gasteiger partial charge < -0.3 is 14.7 Å². The number of pyridine rings is 1. The van der Waals surface area contributed by atoms with Crippen LogP contribution in [0.5, 0.6) is 0 Å². The second kappa shape index (κ2) is 12.4. The highest BCUT2D eigenvalue weighted by atomic mass is 16.5. The van der Waals surface area contributed by atoms with Gasteiger partial charge in [-0.15, -0.1) is 0 Å². The minimum Gasteiger partial charge on any atom is -0.870 e. The van der Waals surface area contributed by atoms with Crippen molar-refractivity contribution in [2.24, 2.45) is 11.8 Å². The van der Waals surface area contributed by atoms with Crippen LogP contribution in [0.4, 0.5) is 0 Å². The molecule has 1 N–H and O–H groups in total. The molecule has 3 saturated heterocycles. The van der Waals surface area contributed by atoms with Crippen molar-refractivity contribution in [3.8, 4) is 0 Å². The van der Waals surface area contributed by atoms with E-state index >= 15 is 0 Å². The number of hydrogen-bond donors (Lipinski definition) is 0. The van der Waals surface area contributed by atoms with Gasteiger partial charge in [0.1, 0.15) is 18.7 Å². The Morgan fingerprint density at radius 3 is 2.20 bits per heavy atom. The molecule has 228 valence electrons. The molecule has 5 aromatic carbocycles. The SMILES string of the molecule is CC[C@H]1C[N+]2(Cc3c4ccccc4cc4ccccc34)CC[C@H]1C[C@H]2[C@H](OCc1ccccc1)c1ccnc2ccccc12.[OH-]. The zero-order valence-corrected chi connectivity index (χ0v) is 26.1. The maximum Gasteiger partial charge on any atom is 0.135 e. The number of benzene rings is 5. The number of ether oxygens (including phenoxy) is 1. The lowest BCUT2D eigenvalue weighted by Gasteiger charge is -2.59. The first-order chi connectivity index (χ1) is 21.7. The molecule has 0 radical (unpaired) electrons. The number of aromatic nitrogens is 1. The third-order valence-electron chi connectivity index (χ3n) is 10.9. The van der Waals surface area contributed by atoms with Gasteiger partial charge in [0.2, 0.25) is 0 Å². The number of para-hydroxylation sites is 1. The molecular weight excluding hydrogens is 552 g/mol. The average Bonchev–Trinajstić information content (AvgIpc) is 3.09. The molecule has 4 nitrogen and oxygen atoms in total. The fraction of sp³-hybridized carbons (Fsp3) is 0.293. The van der Waals surface area contributed by atoms with Crippen LogP contribution in [0, 0.1) is 11.8 Å². The Bertz CT molecular complexity index is 1880. The third-order valence-corrected chi connectivity index (χ3v) is 10.9. The largest absolute Gasteiger partial charge is 0.870 e. The van der Waals surface area contributed by atoms with E-state index in [2.05, 4.69) is 122 Å². The van der Waals surface area contributed by atoms with Crippen LogP contribution < -0.4 is 0 Å². The van der Waals surface area contributed by atoms with Crippen LogP contribution in [0.3, 0.4) is 0 Å². The van der Waals surface area contributed by atoms with Crippen LogP contribution in [-0.4, -0.2) is 34.1 Å². The van der Waals surface area contributed by atoms with Crippen molar-refractivity contribution in [2.45, 2.75) is 51.5 Å². The molecule has 1 unspecified atom stereocenters. The van der Waals surface area contributed by atoms with Crippen molar-refractivity contribution in [3.05, 3.63) is 138 Å². The lowest BCUT2D eigenvalue weighted by atomic mass is 9.70. The molecule has 0 saturated carbocycles. The van der Waals surface area contributed by atoms with Crippen LogP contribution in [0.2, 0.25) is 0 Å². The van der Waals surface area contributed by atoms with Crippen LogP contribution >= 0.6 is 0 Å². The van der Waals surface area contributed by atoms with E-state index in [0.717, 1.165) is 28.4 Å². The fourth-order valence-electron chi connectivity index (χ4n) is 8.77. The van der Waals surface area contributed by atoms with Gasteiger partial charge in [0.15, 0.2) is 0 Å². The van der Waals surface area contributed by atoms with Crippen molar-refractivity contribution in [3.63, 3.8) is 0 Å².